The zero-order valence-corrected chi connectivity index (χ0v) is 12.0. The third kappa shape index (κ3) is 7.31. The molecular weight excluding hydrogens is 272 g/mol. The number of carboxylic acid groups (broad SMARTS) is 1. The number of rotatable bonds is 9. The Kier molecular flexibility index (Phi) is 7.25. The van der Waals surface area contributed by atoms with E-state index >= 15 is 0 Å². The van der Waals surface area contributed by atoms with E-state index < -0.39 is 12.0 Å². The highest BCUT2D eigenvalue weighted by molar-refractivity contribution is 5.73. The fourth-order valence-electron chi connectivity index (χ4n) is 1.85. The molecule has 0 aliphatic heterocycles. The number of carbonyl (C=O) groups excluding carboxylic acids is 1. The molecule has 1 atom stereocenters. The lowest BCUT2D eigenvalue weighted by Crippen LogP contribution is -2.29. The molecule has 0 radical (unpaired) electrons. The number of esters is 1. The summed E-state index contributed by atoms with van der Waals surface area (Å²) in [6.45, 7) is 0.216. The first kappa shape index (κ1) is 17.0. The number of anilines is 1. The van der Waals surface area contributed by atoms with E-state index in [1.165, 1.54) is 0 Å². The Balaban J connectivity index is 2.10. The number of hydrogen-bond acceptors (Lipinski definition) is 5. The van der Waals surface area contributed by atoms with Gasteiger partial charge in [0.25, 0.3) is 0 Å². The Bertz CT molecular complexity index is 476. The Hall–Kier alpha value is -2.08. The molecule has 6 nitrogen and oxygen atoms in total. The van der Waals surface area contributed by atoms with Crippen molar-refractivity contribution in [3.8, 4) is 0 Å². The lowest BCUT2D eigenvalue weighted by Gasteiger charge is -2.07. The largest absolute Gasteiger partial charge is 0.480 e. The Morgan fingerprint density at radius 2 is 2.00 bits per heavy atom. The molecule has 0 amide bonds. The molecule has 1 aromatic rings. The van der Waals surface area contributed by atoms with E-state index in [0.29, 0.717) is 31.4 Å². The average Bonchev–Trinajstić information content (AvgIpc) is 2.44. The third-order valence-corrected chi connectivity index (χ3v) is 3.06. The van der Waals surface area contributed by atoms with Gasteiger partial charge in [0.15, 0.2) is 0 Å². The van der Waals surface area contributed by atoms with E-state index in [2.05, 4.69) is 0 Å². The van der Waals surface area contributed by atoms with Gasteiger partial charge < -0.3 is 21.3 Å². The molecule has 0 unspecified atom stereocenters. The van der Waals surface area contributed by atoms with Crippen molar-refractivity contribution in [3.05, 3.63) is 29.8 Å². The van der Waals surface area contributed by atoms with Gasteiger partial charge in [-0.3, -0.25) is 9.59 Å². The monoisotopic (exact) mass is 294 g/mol. The maximum absolute atomic E-state index is 11.5. The number of ether oxygens (including phenoxy) is 1. The predicted molar refractivity (Wildman–Crippen MR) is 79.3 cm³/mol. The first-order valence-corrected chi connectivity index (χ1v) is 6.97. The summed E-state index contributed by atoms with van der Waals surface area (Å²) in [4.78, 5) is 22.0. The zero-order valence-electron chi connectivity index (χ0n) is 12.0. The van der Waals surface area contributed by atoms with E-state index in [4.69, 9.17) is 21.3 Å². The van der Waals surface area contributed by atoms with Gasteiger partial charge in [0.1, 0.15) is 12.6 Å². The van der Waals surface area contributed by atoms with Crippen LogP contribution in [-0.4, -0.2) is 23.1 Å². The van der Waals surface area contributed by atoms with Crippen LogP contribution in [0.1, 0.15) is 37.7 Å². The molecule has 0 spiro atoms. The number of nitrogen functional groups attached to an aromatic ring is 1. The molecule has 116 valence electrons. The van der Waals surface area contributed by atoms with Crippen LogP contribution < -0.4 is 11.5 Å². The van der Waals surface area contributed by atoms with Crippen LogP contribution in [0.5, 0.6) is 0 Å². The van der Waals surface area contributed by atoms with E-state index in [0.717, 1.165) is 12.0 Å². The first-order valence-electron chi connectivity index (χ1n) is 6.97. The molecule has 0 aromatic heterocycles. The van der Waals surface area contributed by atoms with Crippen LogP contribution in [0.2, 0.25) is 0 Å². The van der Waals surface area contributed by atoms with Crippen LogP contribution in [0.4, 0.5) is 5.69 Å². The van der Waals surface area contributed by atoms with Crippen molar-refractivity contribution in [1.29, 1.82) is 0 Å². The second kappa shape index (κ2) is 8.97. The number of benzene rings is 1. The molecule has 6 heteroatoms. The molecule has 5 N–H and O–H groups in total. The molecule has 0 aliphatic carbocycles. The van der Waals surface area contributed by atoms with Gasteiger partial charge in [-0.05, 0) is 30.5 Å². The topological polar surface area (TPSA) is 116 Å². The van der Waals surface area contributed by atoms with E-state index in [-0.39, 0.29) is 12.6 Å². The van der Waals surface area contributed by atoms with Crippen LogP contribution in [0.15, 0.2) is 24.3 Å². The van der Waals surface area contributed by atoms with Crippen LogP contribution in [-0.2, 0) is 20.9 Å². The van der Waals surface area contributed by atoms with E-state index in [1.807, 2.05) is 12.1 Å². The lowest BCUT2D eigenvalue weighted by atomic mass is 10.1. The van der Waals surface area contributed by atoms with Crippen LogP contribution in [0.25, 0.3) is 0 Å². The van der Waals surface area contributed by atoms with Gasteiger partial charge in [-0.2, -0.15) is 0 Å². The number of hydrogen-bond donors (Lipinski definition) is 3. The summed E-state index contributed by atoms with van der Waals surface area (Å²) in [6.07, 6.45) is 2.87. The summed E-state index contributed by atoms with van der Waals surface area (Å²) in [6, 6.07) is 6.37. The average molecular weight is 294 g/mol. The van der Waals surface area contributed by atoms with Crippen LogP contribution in [0.3, 0.4) is 0 Å². The highest BCUT2D eigenvalue weighted by Gasteiger charge is 2.10. The number of aliphatic carboxylic acids is 1. The van der Waals surface area contributed by atoms with Crippen molar-refractivity contribution < 1.29 is 19.4 Å². The minimum absolute atomic E-state index is 0.216. The van der Waals surface area contributed by atoms with Crippen molar-refractivity contribution in [1.82, 2.24) is 0 Å². The molecule has 0 saturated carbocycles. The summed E-state index contributed by atoms with van der Waals surface area (Å²) in [5.41, 5.74) is 12.5. The molecule has 0 fully saturated rings. The summed E-state index contributed by atoms with van der Waals surface area (Å²) in [7, 11) is 0. The van der Waals surface area contributed by atoms with Crippen molar-refractivity contribution >= 4 is 17.6 Å². The molecule has 0 heterocycles. The summed E-state index contributed by atoms with van der Waals surface area (Å²) in [5, 5.41) is 8.62. The van der Waals surface area contributed by atoms with Gasteiger partial charge in [0.2, 0.25) is 0 Å². The minimum Gasteiger partial charge on any atom is -0.480 e. The number of carboxylic acids is 1. The number of nitrogens with two attached hydrogens (primary N) is 2. The van der Waals surface area contributed by atoms with Gasteiger partial charge in [0.05, 0.1) is 0 Å². The fraction of sp³-hybridized carbons (Fsp3) is 0.467. The van der Waals surface area contributed by atoms with Crippen molar-refractivity contribution in [2.75, 3.05) is 5.73 Å². The number of carbonyl (C=O) groups is 2. The first-order chi connectivity index (χ1) is 9.99. The van der Waals surface area contributed by atoms with Gasteiger partial charge in [-0.1, -0.05) is 25.0 Å². The normalized spacial score (nSPS) is 11.9. The molecule has 0 saturated heterocycles. The third-order valence-electron chi connectivity index (χ3n) is 3.06. The van der Waals surface area contributed by atoms with Gasteiger partial charge in [-0.25, -0.2) is 0 Å². The van der Waals surface area contributed by atoms with Crippen molar-refractivity contribution in [2.24, 2.45) is 5.73 Å². The smallest absolute Gasteiger partial charge is 0.320 e. The van der Waals surface area contributed by atoms with Gasteiger partial charge >= 0.3 is 11.9 Å². The van der Waals surface area contributed by atoms with Gasteiger partial charge in [-0.15, -0.1) is 0 Å². The SMILES string of the molecule is Nc1cccc(COC(=O)CCCCC[C@H](N)C(=O)O)c1. The molecule has 0 bridgehead atoms. The van der Waals surface area contributed by atoms with Crippen LogP contribution in [0, 0.1) is 0 Å². The maximum atomic E-state index is 11.5. The minimum atomic E-state index is -0.989. The molecule has 1 aromatic carbocycles. The summed E-state index contributed by atoms with van der Waals surface area (Å²) in [5.74, 6) is -1.25. The second-order valence-corrected chi connectivity index (χ2v) is 4.95. The predicted octanol–water partition coefficient (Wildman–Crippen LogP) is 1.67. The summed E-state index contributed by atoms with van der Waals surface area (Å²) >= 11 is 0. The maximum Gasteiger partial charge on any atom is 0.320 e. The van der Waals surface area contributed by atoms with Gasteiger partial charge in [0, 0.05) is 12.1 Å². The van der Waals surface area contributed by atoms with Crippen LogP contribution >= 0.6 is 0 Å². The Morgan fingerprint density at radius 3 is 2.67 bits per heavy atom. The van der Waals surface area contributed by atoms with E-state index in [1.54, 1.807) is 12.1 Å². The van der Waals surface area contributed by atoms with Crippen molar-refractivity contribution in [3.63, 3.8) is 0 Å². The standard InChI is InChI=1S/C15H22N2O4/c16-12-6-4-5-11(9-12)10-21-14(18)8-3-1-2-7-13(17)15(19)20/h4-6,9,13H,1-3,7-8,10,16-17H2,(H,19,20)/t13-/m0/s1. The molecule has 1 rings (SSSR count). The Labute approximate surface area is 124 Å². The highest BCUT2D eigenvalue weighted by atomic mass is 16.5. The second-order valence-electron chi connectivity index (χ2n) is 4.95. The zero-order chi connectivity index (χ0) is 15.7. The molecule has 21 heavy (non-hydrogen) atoms. The summed E-state index contributed by atoms with van der Waals surface area (Å²) < 4.78 is 5.14. The quantitative estimate of drug-likeness (QED) is 0.362. The fourth-order valence-corrected chi connectivity index (χ4v) is 1.85. The molecular formula is C15H22N2O4. The molecule has 0 aliphatic rings. The lowest BCUT2D eigenvalue weighted by molar-refractivity contribution is -0.145. The Morgan fingerprint density at radius 1 is 1.24 bits per heavy atom. The highest BCUT2D eigenvalue weighted by Crippen LogP contribution is 2.10. The van der Waals surface area contributed by atoms with Crippen molar-refractivity contribution in [2.45, 2.75) is 44.8 Å². The van der Waals surface area contributed by atoms with E-state index in [9.17, 15) is 9.59 Å². The number of unbranched alkanes of at least 4 members (excludes halogenated alkanes) is 2.